The Bertz CT molecular complexity index is 554. The summed E-state index contributed by atoms with van der Waals surface area (Å²) in [6.45, 7) is 2.04. The summed E-state index contributed by atoms with van der Waals surface area (Å²) in [5.74, 6) is 0.374. The molecule has 0 saturated heterocycles. The van der Waals surface area contributed by atoms with Crippen LogP contribution in [0.15, 0.2) is 24.4 Å². The number of benzene rings is 1. The summed E-state index contributed by atoms with van der Waals surface area (Å²) in [6, 6.07) is 4.84. The summed E-state index contributed by atoms with van der Waals surface area (Å²) in [7, 11) is 0. The first-order valence-corrected chi connectivity index (χ1v) is 6.02. The standard InChI is InChI=1S/C13H13NO6/c1-2-18-13(15)12-8-19-11-7-9(5-6-14(16)17)3-4-10(11)20-12/h3-7,12H,2,8H2,1H3/t12-/m1/s1. The van der Waals surface area contributed by atoms with Gasteiger partial charge in [0.1, 0.15) is 6.61 Å². The maximum Gasteiger partial charge on any atom is 0.350 e. The average Bonchev–Trinajstić information content (AvgIpc) is 2.44. The number of esters is 1. The van der Waals surface area contributed by atoms with E-state index in [0.29, 0.717) is 17.1 Å². The lowest BCUT2D eigenvalue weighted by Crippen LogP contribution is -2.37. The zero-order valence-electron chi connectivity index (χ0n) is 10.8. The van der Waals surface area contributed by atoms with Crippen molar-refractivity contribution >= 4 is 12.0 Å². The van der Waals surface area contributed by atoms with Crippen molar-refractivity contribution in [1.82, 2.24) is 0 Å². The van der Waals surface area contributed by atoms with Gasteiger partial charge in [0.15, 0.2) is 11.5 Å². The van der Waals surface area contributed by atoms with E-state index in [1.165, 1.54) is 6.08 Å². The molecule has 0 fully saturated rings. The van der Waals surface area contributed by atoms with E-state index in [1.54, 1.807) is 25.1 Å². The van der Waals surface area contributed by atoms with Gasteiger partial charge < -0.3 is 14.2 Å². The third-order valence-corrected chi connectivity index (χ3v) is 2.57. The maximum absolute atomic E-state index is 11.5. The van der Waals surface area contributed by atoms with Crippen LogP contribution < -0.4 is 9.47 Å². The van der Waals surface area contributed by atoms with Crippen LogP contribution in [0.1, 0.15) is 12.5 Å². The molecule has 1 aliphatic rings. The van der Waals surface area contributed by atoms with E-state index in [-0.39, 0.29) is 13.2 Å². The molecule has 0 spiro atoms. The van der Waals surface area contributed by atoms with Crippen LogP contribution >= 0.6 is 0 Å². The highest BCUT2D eigenvalue weighted by Gasteiger charge is 2.28. The van der Waals surface area contributed by atoms with Crippen molar-refractivity contribution in [2.75, 3.05) is 13.2 Å². The number of carbonyl (C=O) groups excluding carboxylic acids is 1. The zero-order valence-corrected chi connectivity index (χ0v) is 10.8. The molecule has 1 atom stereocenters. The Morgan fingerprint density at radius 3 is 3.05 bits per heavy atom. The molecule has 0 aliphatic carbocycles. The number of ether oxygens (including phenoxy) is 3. The van der Waals surface area contributed by atoms with Crippen molar-refractivity contribution in [1.29, 1.82) is 0 Å². The van der Waals surface area contributed by atoms with Crippen molar-refractivity contribution in [3.05, 3.63) is 40.1 Å². The van der Waals surface area contributed by atoms with Gasteiger partial charge in [-0.25, -0.2) is 4.79 Å². The lowest BCUT2D eigenvalue weighted by atomic mass is 10.2. The Morgan fingerprint density at radius 1 is 1.55 bits per heavy atom. The van der Waals surface area contributed by atoms with Gasteiger partial charge in [-0.15, -0.1) is 0 Å². The SMILES string of the molecule is CCOC(=O)[C@H]1COc2cc(C=C[N+](=O)[O-])ccc2O1. The largest absolute Gasteiger partial charge is 0.485 e. The molecular formula is C13H13NO6. The summed E-state index contributed by atoms with van der Waals surface area (Å²) < 4.78 is 15.7. The van der Waals surface area contributed by atoms with Crippen LogP contribution in [0.4, 0.5) is 0 Å². The van der Waals surface area contributed by atoms with Gasteiger partial charge >= 0.3 is 5.97 Å². The van der Waals surface area contributed by atoms with Crippen LogP contribution in [0, 0.1) is 10.1 Å². The fraction of sp³-hybridized carbons (Fsp3) is 0.308. The number of carbonyl (C=O) groups is 1. The molecule has 0 aromatic heterocycles. The molecule has 0 bridgehead atoms. The molecule has 20 heavy (non-hydrogen) atoms. The molecule has 1 aromatic rings. The first-order chi connectivity index (χ1) is 9.60. The molecule has 7 nitrogen and oxygen atoms in total. The van der Waals surface area contributed by atoms with Crippen molar-refractivity contribution in [2.24, 2.45) is 0 Å². The molecule has 1 aromatic carbocycles. The highest BCUT2D eigenvalue weighted by molar-refractivity contribution is 5.76. The summed E-state index contributed by atoms with van der Waals surface area (Å²) >= 11 is 0. The second-order valence-electron chi connectivity index (χ2n) is 3.98. The summed E-state index contributed by atoms with van der Waals surface area (Å²) in [5.41, 5.74) is 0.610. The molecule has 0 unspecified atom stereocenters. The quantitative estimate of drug-likeness (QED) is 0.473. The van der Waals surface area contributed by atoms with Crippen molar-refractivity contribution in [3.63, 3.8) is 0 Å². The molecule has 1 aliphatic heterocycles. The molecule has 1 heterocycles. The fourth-order valence-corrected chi connectivity index (χ4v) is 1.69. The third kappa shape index (κ3) is 3.25. The zero-order chi connectivity index (χ0) is 14.5. The Morgan fingerprint density at radius 2 is 2.35 bits per heavy atom. The number of fused-ring (bicyclic) bond motifs is 1. The van der Waals surface area contributed by atoms with Crippen molar-refractivity contribution in [3.8, 4) is 11.5 Å². The van der Waals surface area contributed by atoms with Gasteiger partial charge in [-0.3, -0.25) is 10.1 Å². The van der Waals surface area contributed by atoms with E-state index in [1.807, 2.05) is 0 Å². The van der Waals surface area contributed by atoms with E-state index in [0.717, 1.165) is 6.20 Å². The minimum atomic E-state index is -0.789. The van der Waals surface area contributed by atoms with Crippen LogP contribution in [-0.2, 0) is 9.53 Å². The van der Waals surface area contributed by atoms with Gasteiger partial charge in [0, 0.05) is 6.08 Å². The molecule has 0 saturated carbocycles. The van der Waals surface area contributed by atoms with Gasteiger partial charge in [-0.2, -0.15) is 0 Å². The third-order valence-electron chi connectivity index (χ3n) is 2.57. The first kappa shape index (κ1) is 13.9. The summed E-state index contributed by atoms with van der Waals surface area (Å²) in [5, 5.41) is 10.3. The lowest BCUT2D eigenvalue weighted by Gasteiger charge is -2.25. The van der Waals surface area contributed by atoms with E-state index in [2.05, 4.69) is 0 Å². The van der Waals surface area contributed by atoms with Crippen LogP contribution in [0.2, 0.25) is 0 Å². The molecule has 0 radical (unpaired) electrons. The summed E-state index contributed by atoms with van der Waals surface area (Å²) in [6.07, 6.45) is 1.40. The maximum atomic E-state index is 11.5. The Hall–Kier alpha value is -2.57. The Balaban J connectivity index is 2.11. The smallest absolute Gasteiger partial charge is 0.350 e. The number of nitro groups is 1. The van der Waals surface area contributed by atoms with E-state index in [4.69, 9.17) is 14.2 Å². The van der Waals surface area contributed by atoms with Crippen LogP contribution in [0.5, 0.6) is 11.5 Å². The molecule has 2 rings (SSSR count). The first-order valence-electron chi connectivity index (χ1n) is 6.02. The monoisotopic (exact) mass is 279 g/mol. The fourth-order valence-electron chi connectivity index (χ4n) is 1.69. The van der Waals surface area contributed by atoms with Crippen LogP contribution in [-0.4, -0.2) is 30.2 Å². The average molecular weight is 279 g/mol. The number of hydrogen-bond donors (Lipinski definition) is 0. The second-order valence-corrected chi connectivity index (χ2v) is 3.98. The molecule has 0 N–H and O–H groups in total. The normalized spacial score (nSPS) is 16.9. The van der Waals surface area contributed by atoms with Crippen molar-refractivity contribution < 1.29 is 23.9 Å². The molecule has 0 amide bonds. The van der Waals surface area contributed by atoms with Gasteiger partial charge in [0.05, 0.1) is 11.5 Å². The van der Waals surface area contributed by atoms with Gasteiger partial charge in [0.2, 0.25) is 12.3 Å². The molecule has 7 heteroatoms. The molecular weight excluding hydrogens is 266 g/mol. The Kier molecular flexibility index (Phi) is 4.19. The van der Waals surface area contributed by atoms with Crippen LogP contribution in [0.3, 0.4) is 0 Å². The topological polar surface area (TPSA) is 87.9 Å². The highest BCUT2D eigenvalue weighted by Crippen LogP contribution is 2.33. The van der Waals surface area contributed by atoms with Gasteiger partial charge in [0.25, 0.3) is 0 Å². The van der Waals surface area contributed by atoms with Gasteiger partial charge in [-0.05, 0) is 24.6 Å². The summed E-state index contributed by atoms with van der Waals surface area (Å²) in [4.78, 5) is 21.2. The minimum Gasteiger partial charge on any atom is -0.485 e. The van der Waals surface area contributed by atoms with E-state index in [9.17, 15) is 14.9 Å². The highest BCUT2D eigenvalue weighted by atomic mass is 16.6. The minimum absolute atomic E-state index is 0.0498. The predicted octanol–water partition coefficient (Wildman–Crippen LogP) is 1.64. The lowest BCUT2D eigenvalue weighted by molar-refractivity contribution is -0.400. The molecule has 106 valence electrons. The second kappa shape index (κ2) is 6.05. The number of hydrogen-bond acceptors (Lipinski definition) is 6. The van der Waals surface area contributed by atoms with Gasteiger partial charge in [-0.1, -0.05) is 6.07 Å². The Labute approximate surface area is 114 Å². The van der Waals surface area contributed by atoms with E-state index < -0.39 is 17.0 Å². The number of nitrogens with zero attached hydrogens (tertiary/aromatic N) is 1. The van der Waals surface area contributed by atoms with E-state index >= 15 is 0 Å². The predicted molar refractivity (Wildman–Crippen MR) is 69.0 cm³/mol. The van der Waals surface area contributed by atoms with Crippen molar-refractivity contribution in [2.45, 2.75) is 13.0 Å². The number of rotatable bonds is 4. The van der Waals surface area contributed by atoms with Crippen LogP contribution in [0.25, 0.3) is 6.08 Å².